The lowest BCUT2D eigenvalue weighted by atomic mass is 9.81. The average Bonchev–Trinajstić information content (AvgIpc) is 2.88. The molecule has 1 heterocycles. The zero-order valence-corrected chi connectivity index (χ0v) is 12.4. The summed E-state index contributed by atoms with van der Waals surface area (Å²) in [5, 5.41) is 7.16. The van der Waals surface area contributed by atoms with Gasteiger partial charge in [0.1, 0.15) is 0 Å². The molecule has 3 rings (SSSR count). The van der Waals surface area contributed by atoms with Crippen LogP contribution >= 0.6 is 0 Å². The van der Waals surface area contributed by atoms with Crippen molar-refractivity contribution in [3.63, 3.8) is 0 Å². The van der Waals surface area contributed by atoms with Crippen LogP contribution < -0.4 is 9.47 Å². The molecule has 2 aromatic rings. The number of aryl methyl sites for hydroxylation is 1. The highest BCUT2D eigenvalue weighted by Crippen LogP contribution is 2.36. The molecule has 0 saturated heterocycles. The number of aromatic amines is 1. The van der Waals surface area contributed by atoms with E-state index in [0.717, 1.165) is 28.9 Å². The number of benzene rings is 1. The lowest BCUT2D eigenvalue weighted by Gasteiger charge is -2.22. The Balaban J connectivity index is 1.94. The third-order valence-electron chi connectivity index (χ3n) is 4.05. The van der Waals surface area contributed by atoms with Gasteiger partial charge in [-0.25, -0.2) is 0 Å². The van der Waals surface area contributed by atoms with Crippen LogP contribution in [0.5, 0.6) is 11.5 Å². The summed E-state index contributed by atoms with van der Waals surface area (Å²) in [4.78, 5) is 12.3. The number of hydrogen-bond donors (Lipinski definition) is 1. The van der Waals surface area contributed by atoms with E-state index in [-0.39, 0.29) is 11.7 Å². The number of ketones is 1. The van der Waals surface area contributed by atoms with Crippen molar-refractivity contribution in [1.29, 1.82) is 0 Å². The number of Topliss-reactive ketones (excluding diaryl/α,β-unsaturated/α-hetero) is 1. The van der Waals surface area contributed by atoms with E-state index in [4.69, 9.17) is 9.47 Å². The maximum atomic E-state index is 12.3. The van der Waals surface area contributed by atoms with Gasteiger partial charge in [0.05, 0.1) is 25.5 Å². The normalized spacial score (nSPS) is 17.5. The first-order valence-electron chi connectivity index (χ1n) is 6.93. The van der Waals surface area contributed by atoms with Crippen molar-refractivity contribution in [2.24, 2.45) is 0 Å². The van der Waals surface area contributed by atoms with Crippen LogP contribution in [0.1, 0.15) is 39.6 Å². The molecule has 110 valence electrons. The Hall–Kier alpha value is -2.30. The van der Waals surface area contributed by atoms with Gasteiger partial charge in [-0.15, -0.1) is 0 Å². The van der Waals surface area contributed by atoms with E-state index < -0.39 is 0 Å². The molecule has 1 aromatic carbocycles. The van der Waals surface area contributed by atoms with Crippen molar-refractivity contribution in [1.82, 2.24) is 10.2 Å². The monoisotopic (exact) mass is 286 g/mol. The number of hydrogen-bond acceptors (Lipinski definition) is 4. The Morgan fingerprint density at radius 1 is 1.19 bits per heavy atom. The first-order chi connectivity index (χ1) is 10.1. The van der Waals surface area contributed by atoms with E-state index in [2.05, 4.69) is 10.2 Å². The third-order valence-corrected chi connectivity index (χ3v) is 4.05. The number of carbonyl (C=O) groups excluding carboxylic acids is 1. The van der Waals surface area contributed by atoms with Crippen LogP contribution in [0, 0.1) is 6.92 Å². The molecule has 0 saturated carbocycles. The quantitative estimate of drug-likeness (QED) is 0.942. The second-order valence-electron chi connectivity index (χ2n) is 5.31. The number of nitrogens with one attached hydrogen (secondary N) is 1. The van der Waals surface area contributed by atoms with Crippen molar-refractivity contribution >= 4 is 5.78 Å². The van der Waals surface area contributed by atoms with Crippen LogP contribution in [-0.4, -0.2) is 30.2 Å². The Bertz CT molecular complexity index is 691. The second-order valence-corrected chi connectivity index (χ2v) is 5.31. The summed E-state index contributed by atoms with van der Waals surface area (Å²) in [6, 6.07) is 5.81. The number of H-pyrrole nitrogens is 1. The summed E-state index contributed by atoms with van der Waals surface area (Å²) in [6.45, 7) is 1.89. The SMILES string of the molecule is COc1ccc([C@@H]2CC(=O)c3c(n[nH]c3C)C2)cc1OC. The van der Waals surface area contributed by atoms with Crippen LogP contribution in [0.15, 0.2) is 18.2 Å². The Labute approximate surface area is 123 Å². The molecule has 0 amide bonds. The molecule has 21 heavy (non-hydrogen) atoms. The summed E-state index contributed by atoms with van der Waals surface area (Å²) in [7, 11) is 3.23. The summed E-state index contributed by atoms with van der Waals surface area (Å²) < 4.78 is 10.6. The fourth-order valence-electron chi connectivity index (χ4n) is 2.97. The van der Waals surface area contributed by atoms with Gasteiger partial charge < -0.3 is 9.47 Å². The minimum Gasteiger partial charge on any atom is -0.493 e. The predicted molar refractivity (Wildman–Crippen MR) is 78.3 cm³/mol. The van der Waals surface area contributed by atoms with E-state index >= 15 is 0 Å². The fraction of sp³-hybridized carbons (Fsp3) is 0.375. The second kappa shape index (κ2) is 5.24. The highest BCUT2D eigenvalue weighted by atomic mass is 16.5. The van der Waals surface area contributed by atoms with Crippen LogP contribution in [0.3, 0.4) is 0 Å². The van der Waals surface area contributed by atoms with Crippen molar-refractivity contribution < 1.29 is 14.3 Å². The minimum absolute atomic E-state index is 0.132. The number of carbonyl (C=O) groups is 1. The lowest BCUT2D eigenvalue weighted by Crippen LogP contribution is -2.18. The first kappa shape index (κ1) is 13.7. The van der Waals surface area contributed by atoms with Crippen LogP contribution in [0.25, 0.3) is 0 Å². The highest BCUT2D eigenvalue weighted by molar-refractivity contribution is 5.99. The molecular weight excluding hydrogens is 268 g/mol. The van der Waals surface area contributed by atoms with Gasteiger partial charge in [-0.3, -0.25) is 9.89 Å². The fourth-order valence-corrected chi connectivity index (χ4v) is 2.97. The predicted octanol–water partition coefficient (Wildman–Crippen LogP) is 2.65. The molecule has 1 aliphatic rings. The molecule has 0 fully saturated rings. The molecular formula is C16H18N2O3. The summed E-state index contributed by atoms with van der Waals surface area (Å²) in [6.07, 6.45) is 1.27. The van der Waals surface area contributed by atoms with Gasteiger partial charge in [0.15, 0.2) is 17.3 Å². The zero-order valence-electron chi connectivity index (χ0n) is 12.4. The summed E-state index contributed by atoms with van der Waals surface area (Å²) in [5.74, 6) is 1.67. The molecule has 1 N–H and O–H groups in total. The number of fused-ring (bicyclic) bond motifs is 1. The number of nitrogens with zero attached hydrogens (tertiary/aromatic N) is 1. The van der Waals surface area contributed by atoms with Crippen molar-refractivity contribution in [2.45, 2.75) is 25.7 Å². The molecule has 1 aromatic heterocycles. The van der Waals surface area contributed by atoms with Gasteiger partial charge in [0, 0.05) is 12.1 Å². The van der Waals surface area contributed by atoms with E-state index in [1.807, 2.05) is 25.1 Å². The summed E-state index contributed by atoms with van der Waals surface area (Å²) in [5.41, 5.74) is 3.57. The molecule has 0 aliphatic heterocycles. The van der Waals surface area contributed by atoms with Crippen molar-refractivity contribution in [2.75, 3.05) is 14.2 Å². The van der Waals surface area contributed by atoms with Crippen LogP contribution in [0.2, 0.25) is 0 Å². The van der Waals surface area contributed by atoms with E-state index in [1.165, 1.54) is 0 Å². The number of ether oxygens (including phenoxy) is 2. The van der Waals surface area contributed by atoms with Gasteiger partial charge in [0.2, 0.25) is 0 Å². The average molecular weight is 286 g/mol. The molecule has 0 bridgehead atoms. The van der Waals surface area contributed by atoms with Crippen LogP contribution in [0.4, 0.5) is 0 Å². The van der Waals surface area contributed by atoms with Crippen LogP contribution in [-0.2, 0) is 6.42 Å². The smallest absolute Gasteiger partial charge is 0.167 e. The standard InChI is InChI=1S/C16H18N2O3/c1-9-16-12(18-17-9)6-11(7-13(16)19)10-4-5-14(20-2)15(8-10)21-3/h4-5,8,11H,6-7H2,1-3H3,(H,17,18)/t11-/m0/s1. The number of methoxy groups -OCH3 is 2. The maximum absolute atomic E-state index is 12.3. The van der Waals surface area contributed by atoms with Gasteiger partial charge in [-0.05, 0) is 37.0 Å². The Kier molecular flexibility index (Phi) is 3.41. The molecule has 1 aliphatic carbocycles. The summed E-state index contributed by atoms with van der Waals surface area (Å²) >= 11 is 0. The lowest BCUT2D eigenvalue weighted by molar-refractivity contribution is 0.0963. The molecule has 5 heteroatoms. The third kappa shape index (κ3) is 2.28. The maximum Gasteiger partial charge on any atom is 0.167 e. The van der Waals surface area contributed by atoms with Crippen molar-refractivity contribution in [3.8, 4) is 11.5 Å². The zero-order chi connectivity index (χ0) is 15.0. The first-order valence-corrected chi connectivity index (χ1v) is 6.93. The van der Waals surface area contributed by atoms with Crippen molar-refractivity contribution in [3.05, 3.63) is 40.7 Å². The molecule has 5 nitrogen and oxygen atoms in total. The van der Waals surface area contributed by atoms with E-state index in [0.29, 0.717) is 17.9 Å². The topological polar surface area (TPSA) is 64.2 Å². The number of aromatic nitrogens is 2. The number of rotatable bonds is 3. The van der Waals surface area contributed by atoms with Gasteiger partial charge in [-0.2, -0.15) is 5.10 Å². The largest absolute Gasteiger partial charge is 0.493 e. The molecule has 0 radical (unpaired) electrons. The van der Waals surface area contributed by atoms with Gasteiger partial charge >= 0.3 is 0 Å². The Morgan fingerprint density at radius 3 is 2.67 bits per heavy atom. The van der Waals surface area contributed by atoms with Gasteiger partial charge in [0.25, 0.3) is 0 Å². The Morgan fingerprint density at radius 2 is 1.95 bits per heavy atom. The van der Waals surface area contributed by atoms with E-state index in [1.54, 1.807) is 14.2 Å². The molecule has 1 atom stereocenters. The molecule has 0 unspecified atom stereocenters. The van der Waals surface area contributed by atoms with E-state index in [9.17, 15) is 4.79 Å². The highest BCUT2D eigenvalue weighted by Gasteiger charge is 2.30. The molecule has 0 spiro atoms. The minimum atomic E-state index is 0.132. The van der Waals surface area contributed by atoms with Gasteiger partial charge in [-0.1, -0.05) is 6.07 Å².